The van der Waals surface area contributed by atoms with Crippen molar-refractivity contribution in [2.75, 3.05) is 18.8 Å². The Morgan fingerprint density at radius 3 is 2.82 bits per heavy atom. The number of nitrogens with zero attached hydrogens (tertiary/aromatic N) is 1. The molecule has 1 aromatic carbocycles. The molecule has 0 amide bonds. The van der Waals surface area contributed by atoms with Gasteiger partial charge in [-0.3, -0.25) is 4.90 Å². The van der Waals surface area contributed by atoms with Crippen LogP contribution in [-0.2, 0) is 6.54 Å². The molecule has 1 aliphatic rings. The molecule has 1 aliphatic heterocycles. The Hall–Kier alpha value is -1.02. The van der Waals surface area contributed by atoms with Crippen molar-refractivity contribution >= 4 is 5.69 Å². The summed E-state index contributed by atoms with van der Waals surface area (Å²) in [7, 11) is 0. The SMILES string of the molecule is Cc1ccc(N)c(CN2CCCC(C)(C)C2)c1. The highest BCUT2D eigenvalue weighted by molar-refractivity contribution is 5.48. The van der Waals surface area contributed by atoms with Gasteiger partial charge in [0.05, 0.1) is 0 Å². The van der Waals surface area contributed by atoms with Crippen molar-refractivity contribution in [3.05, 3.63) is 29.3 Å². The van der Waals surface area contributed by atoms with Gasteiger partial charge < -0.3 is 5.73 Å². The monoisotopic (exact) mass is 232 g/mol. The van der Waals surface area contributed by atoms with E-state index in [0.717, 1.165) is 12.2 Å². The number of piperidine rings is 1. The van der Waals surface area contributed by atoms with E-state index in [1.165, 1.54) is 37.1 Å². The zero-order chi connectivity index (χ0) is 12.5. The van der Waals surface area contributed by atoms with Crippen LogP contribution in [0.5, 0.6) is 0 Å². The number of nitrogens with two attached hydrogens (primary N) is 1. The van der Waals surface area contributed by atoms with E-state index in [1.54, 1.807) is 0 Å². The molecule has 2 N–H and O–H groups in total. The highest BCUT2D eigenvalue weighted by atomic mass is 15.1. The average molecular weight is 232 g/mol. The maximum atomic E-state index is 6.05. The fourth-order valence-corrected chi connectivity index (χ4v) is 2.79. The molecule has 2 nitrogen and oxygen atoms in total. The predicted molar refractivity (Wildman–Crippen MR) is 73.9 cm³/mol. The molecule has 1 saturated heterocycles. The molecule has 0 spiro atoms. The van der Waals surface area contributed by atoms with Crippen molar-refractivity contribution in [3.63, 3.8) is 0 Å². The zero-order valence-electron chi connectivity index (χ0n) is 11.3. The minimum Gasteiger partial charge on any atom is -0.398 e. The lowest BCUT2D eigenvalue weighted by atomic mass is 9.84. The summed E-state index contributed by atoms with van der Waals surface area (Å²) in [5.74, 6) is 0. The largest absolute Gasteiger partial charge is 0.398 e. The predicted octanol–water partition coefficient (Wildman–Crippen LogP) is 3.20. The molecule has 2 rings (SSSR count). The van der Waals surface area contributed by atoms with Crippen LogP contribution < -0.4 is 5.73 Å². The van der Waals surface area contributed by atoms with E-state index in [1.807, 2.05) is 6.07 Å². The molecule has 0 unspecified atom stereocenters. The molecule has 0 radical (unpaired) electrons. The highest BCUT2D eigenvalue weighted by Crippen LogP contribution is 2.29. The van der Waals surface area contributed by atoms with Gasteiger partial charge in [-0.25, -0.2) is 0 Å². The molecule has 0 saturated carbocycles. The van der Waals surface area contributed by atoms with Crippen LogP contribution in [-0.4, -0.2) is 18.0 Å². The van der Waals surface area contributed by atoms with Gasteiger partial charge in [0.2, 0.25) is 0 Å². The van der Waals surface area contributed by atoms with E-state index in [4.69, 9.17) is 5.73 Å². The first kappa shape index (κ1) is 12.4. The van der Waals surface area contributed by atoms with Crippen LogP contribution >= 0.6 is 0 Å². The maximum Gasteiger partial charge on any atom is 0.0359 e. The van der Waals surface area contributed by atoms with Crippen molar-refractivity contribution in [2.24, 2.45) is 5.41 Å². The number of likely N-dealkylation sites (tertiary alicyclic amines) is 1. The molecule has 0 aromatic heterocycles. The quantitative estimate of drug-likeness (QED) is 0.793. The van der Waals surface area contributed by atoms with Crippen LogP contribution in [0.25, 0.3) is 0 Å². The summed E-state index contributed by atoms with van der Waals surface area (Å²) >= 11 is 0. The van der Waals surface area contributed by atoms with E-state index in [-0.39, 0.29) is 0 Å². The van der Waals surface area contributed by atoms with Gasteiger partial charge in [0.25, 0.3) is 0 Å². The Morgan fingerprint density at radius 2 is 2.12 bits per heavy atom. The number of nitrogen functional groups attached to an aromatic ring is 1. The summed E-state index contributed by atoms with van der Waals surface area (Å²) in [6, 6.07) is 6.33. The molecular formula is C15H24N2. The fraction of sp³-hybridized carbons (Fsp3) is 0.600. The normalized spacial score (nSPS) is 20.4. The minimum absolute atomic E-state index is 0.455. The van der Waals surface area contributed by atoms with Gasteiger partial charge in [0.15, 0.2) is 0 Å². The second kappa shape index (κ2) is 4.69. The molecule has 2 heteroatoms. The van der Waals surface area contributed by atoms with Gasteiger partial charge in [-0.1, -0.05) is 31.5 Å². The molecule has 1 aromatic rings. The summed E-state index contributed by atoms with van der Waals surface area (Å²) in [6.45, 7) is 10.2. The van der Waals surface area contributed by atoms with Gasteiger partial charge in [0.1, 0.15) is 0 Å². The molecular weight excluding hydrogens is 208 g/mol. The average Bonchev–Trinajstić information content (AvgIpc) is 2.22. The lowest BCUT2D eigenvalue weighted by Crippen LogP contribution is -2.39. The second-order valence-corrected chi connectivity index (χ2v) is 6.18. The summed E-state index contributed by atoms with van der Waals surface area (Å²) < 4.78 is 0. The highest BCUT2D eigenvalue weighted by Gasteiger charge is 2.26. The third-order valence-corrected chi connectivity index (χ3v) is 3.67. The van der Waals surface area contributed by atoms with Crippen molar-refractivity contribution in [1.82, 2.24) is 4.90 Å². The van der Waals surface area contributed by atoms with Gasteiger partial charge >= 0.3 is 0 Å². The van der Waals surface area contributed by atoms with E-state index in [9.17, 15) is 0 Å². The molecule has 0 bridgehead atoms. The topological polar surface area (TPSA) is 29.3 Å². The van der Waals surface area contributed by atoms with E-state index in [0.29, 0.717) is 5.41 Å². The first-order valence-electron chi connectivity index (χ1n) is 6.54. The van der Waals surface area contributed by atoms with Gasteiger partial charge in [-0.2, -0.15) is 0 Å². The lowest BCUT2D eigenvalue weighted by molar-refractivity contribution is 0.112. The first-order valence-corrected chi connectivity index (χ1v) is 6.54. The number of rotatable bonds is 2. The summed E-state index contributed by atoms with van der Waals surface area (Å²) in [6.07, 6.45) is 2.64. The van der Waals surface area contributed by atoms with Crippen molar-refractivity contribution in [1.29, 1.82) is 0 Å². The third kappa shape index (κ3) is 3.22. The lowest BCUT2D eigenvalue weighted by Gasteiger charge is -2.38. The van der Waals surface area contributed by atoms with E-state index < -0.39 is 0 Å². The van der Waals surface area contributed by atoms with Crippen molar-refractivity contribution in [3.8, 4) is 0 Å². The Labute approximate surface area is 105 Å². The van der Waals surface area contributed by atoms with Gasteiger partial charge in [-0.15, -0.1) is 0 Å². The van der Waals surface area contributed by atoms with Gasteiger partial charge in [0, 0.05) is 18.8 Å². The standard InChI is InChI=1S/C15H24N2/c1-12-5-6-14(16)13(9-12)10-17-8-4-7-15(2,3)11-17/h5-6,9H,4,7-8,10-11,16H2,1-3H3. The molecule has 17 heavy (non-hydrogen) atoms. The molecule has 1 heterocycles. The molecule has 1 fully saturated rings. The minimum atomic E-state index is 0.455. The van der Waals surface area contributed by atoms with Crippen molar-refractivity contribution in [2.45, 2.75) is 40.2 Å². The van der Waals surface area contributed by atoms with Gasteiger partial charge in [-0.05, 0) is 43.4 Å². The number of benzene rings is 1. The Kier molecular flexibility index (Phi) is 3.43. The fourth-order valence-electron chi connectivity index (χ4n) is 2.79. The Bertz CT molecular complexity index is 396. The summed E-state index contributed by atoms with van der Waals surface area (Å²) in [5, 5.41) is 0. The van der Waals surface area contributed by atoms with Crippen molar-refractivity contribution < 1.29 is 0 Å². The Morgan fingerprint density at radius 1 is 1.35 bits per heavy atom. The first-order chi connectivity index (χ1) is 7.96. The zero-order valence-corrected chi connectivity index (χ0v) is 11.3. The van der Waals surface area contributed by atoms with Crippen LogP contribution in [0.3, 0.4) is 0 Å². The second-order valence-electron chi connectivity index (χ2n) is 6.18. The number of hydrogen-bond donors (Lipinski definition) is 1. The number of hydrogen-bond acceptors (Lipinski definition) is 2. The van der Waals surface area contributed by atoms with E-state index in [2.05, 4.69) is 37.8 Å². The number of anilines is 1. The third-order valence-electron chi connectivity index (χ3n) is 3.67. The smallest absolute Gasteiger partial charge is 0.0359 e. The maximum absolute atomic E-state index is 6.05. The molecule has 94 valence electrons. The van der Waals surface area contributed by atoms with Crippen LogP contribution in [0, 0.1) is 12.3 Å². The van der Waals surface area contributed by atoms with E-state index >= 15 is 0 Å². The van der Waals surface area contributed by atoms with Crippen LogP contribution in [0.2, 0.25) is 0 Å². The summed E-state index contributed by atoms with van der Waals surface area (Å²) in [4.78, 5) is 2.54. The van der Waals surface area contributed by atoms with Crippen LogP contribution in [0.1, 0.15) is 37.8 Å². The number of aryl methyl sites for hydroxylation is 1. The molecule has 0 atom stereocenters. The summed E-state index contributed by atoms with van der Waals surface area (Å²) in [5.41, 5.74) is 10.0. The molecule has 0 aliphatic carbocycles. The Balaban J connectivity index is 2.07. The van der Waals surface area contributed by atoms with Crippen LogP contribution in [0.4, 0.5) is 5.69 Å². The van der Waals surface area contributed by atoms with Crippen LogP contribution in [0.15, 0.2) is 18.2 Å².